The van der Waals surface area contributed by atoms with Crippen LogP contribution in [0.15, 0.2) is 42.5 Å². The van der Waals surface area contributed by atoms with Crippen molar-refractivity contribution in [2.75, 3.05) is 18.5 Å². The van der Waals surface area contributed by atoms with Gasteiger partial charge in [0.1, 0.15) is 0 Å². The minimum atomic E-state index is -0.201. The molecule has 0 radical (unpaired) electrons. The van der Waals surface area contributed by atoms with Crippen LogP contribution in [0.25, 0.3) is 0 Å². The molecule has 5 nitrogen and oxygen atoms in total. The average molecular weight is 366 g/mol. The average Bonchev–Trinajstić information content (AvgIpc) is 3.17. The molecule has 1 atom stereocenters. The van der Waals surface area contributed by atoms with Crippen LogP contribution in [0.4, 0.5) is 5.69 Å². The third-order valence-electron chi connectivity index (χ3n) is 4.82. The van der Waals surface area contributed by atoms with Gasteiger partial charge in [-0.25, -0.2) is 0 Å². The van der Waals surface area contributed by atoms with Gasteiger partial charge in [0.05, 0.1) is 23.8 Å². The van der Waals surface area contributed by atoms with Crippen LogP contribution in [0.1, 0.15) is 39.9 Å². The van der Waals surface area contributed by atoms with Gasteiger partial charge in [0.25, 0.3) is 5.91 Å². The summed E-state index contributed by atoms with van der Waals surface area (Å²) in [6.07, 6.45) is 2.36. The predicted octanol–water partition coefficient (Wildman–Crippen LogP) is 3.39. The molecule has 1 aliphatic rings. The smallest absolute Gasteiger partial charge is 0.253 e. The topological polar surface area (TPSA) is 67.4 Å². The maximum atomic E-state index is 12.5. The van der Waals surface area contributed by atoms with E-state index in [4.69, 9.17) is 4.74 Å². The number of hydrogen-bond donors (Lipinski definition) is 2. The lowest BCUT2D eigenvalue weighted by Gasteiger charge is -2.14. The molecular weight excluding hydrogens is 340 g/mol. The Morgan fingerprint density at radius 1 is 1.15 bits per heavy atom. The minimum absolute atomic E-state index is 0.0833. The third-order valence-corrected chi connectivity index (χ3v) is 4.82. The number of rotatable bonds is 6. The van der Waals surface area contributed by atoms with Gasteiger partial charge in [-0.15, -0.1) is 0 Å². The molecule has 2 aromatic carbocycles. The fraction of sp³-hybridized carbons (Fsp3) is 0.364. The summed E-state index contributed by atoms with van der Waals surface area (Å²) < 4.78 is 5.54. The van der Waals surface area contributed by atoms with Crippen molar-refractivity contribution in [3.8, 4) is 0 Å². The molecule has 0 aliphatic carbocycles. The summed E-state index contributed by atoms with van der Waals surface area (Å²) in [7, 11) is 0. The minimum Gasteiger partial charge on any atom is -0.376 e. The SMILES string of the molecule is Cc1ccc(C)c(CC(=O)Nc2ccccc2C(=O)NCC2CCCO2)c1. The third kappa shape index (κ3) is 5.17. The quantitative estimate of drug-likeness (QED) is 0.823. The van der Waals surface area contributed by atoms with E-state index in [1.165, 1.54) is 0 Å². The van der Waals surface area contributed by atoms with Crippen LogP contribution in [0, 0.1) is 13.8 Å². The fourth-order valence-corrected chi connectivity index (χ4v) is 3.26. The largest absolute Gasteiger partial charge is 0.376 e. The molecule has 27 heavy (non-hydrogen) atoms. The molecule has 2 N–H and O–H groups in total. The van der Waals surface area contributed by atoms with Gasteiger partial charge in [-0.3, -0.25) is 9.59 Å². The fourth-order valence-electron chi connectivity index (χ4n) is 3.26. The van der Waals surface area contributed by atoms with E-state index in [-0.39, 0.29) is 24.3 Å². The van der Waals surface area contributed by atoms with Crippen LogP contribution >= 0.6 is 0 Å². The predicted molar refractivity (Wildman–Crippen MR) is 106 cm³/mol. The van der Waals surface area contributed by atoms with Crippen LogP contribution < -0.4 is 10.6 Å². The van der Waals surface area contributed by atoms with Crippen molar-refractivity contribution in [2.45, 2.75) is 39.2 Å². The number of nitrogens with one attached hydrogen (secondary N) is 2. The van der Waals surface area contributed by atoms with Crippen molar-refractivity contribution < 1.29 is 14.3 Å². The van der Waals surface area contributed by atoms with Crippen LogP contribution in [0.5, 0.6) is 0 Å². The standard InChI is InChI=1S/C22H26N2O3/c1-15-9-10-16(2)17(12-15)13-21(25)24-20-8-4-3-7-19(20)22(26)23-14-18-6-5-11-27-18/h3-4,7-10,12,18H,5-6,11,13-14H2,1-2H3,(H,23,26)(H,24,25). The van der Waals surface area contributed by atoms with E-state index in [0.717, 1.165) is 36.1 Å². The van der Waals surface area contributed by atoms with Crippen LogP contribution in [0.3, 0.4) is 0 Å². The van der Waals surface area contributed by atoms with Gasteiger partial charge in [-0.1, -0.05) is 35.9 Å². The Morgan fingerprint density at radius 3 is 2.74 bits per heavy atom. The monoisotopic (exact) mass is 366 g/mol. The summed E-state index contributed by atoms with van der Waals surface area (Å²) in [4.78, 5) is 25.1. The molecule has 1 unspecified atom stereocenters. The van der Waals surface area contributed by atoms with Crippen LogP contribution in [0.2, 0.25) is 0 Å². The van der Waals surface area contributed by atoms with Crippen LogP contribution in [-0.4, -0.2) is 31.1 Å². The van der Waals surface area contributed by atoms with E-state index in [9.17, 15) is 9.59 Å². The molecule has 0 saturated carbocycles. The number of hydrogen-bond acceptors (Lipinski definition) is 3. The number of aryl methyl sites for hydroxylation is 2. The van der Waals surface area contributed by atoms with Crippen molar-refractivity contribution in [1.82, 2.24) is 5.32 Å². The lowest BCUT2D eigenvalue weighted by atomic mass is 10.0. The lowest BCUT2D eigenvalue weighted by Crippen LogP contribution is -2.32. The summed E-state index contributed by atoms with van der Waals surface area (Å²) in [6.45, 7) is 5.25. The first-order valence-electron chi connectivity index (χ1n) is 9.38. The second-order valence-corrected chi connectivity index (χ2v) is 7.05. The second kappa shape index (κ2) is 8.82. The van der Waals surface area contributed by atoms with Crippen molar-refractivity contribution in [3.05, 3.63) is 64.7 Å². The first kappa shape index (κ1) is 19.1. The Hall–Kier alpha value is -2.66. The lowest BCUT2D eigenvalue weighted by molar-refractivity contribution is -0.115. The maximum Gasteiger partial charge on any atom is 0.253 e. The van der Waals surface area contributed by atoms with E-state index < -0.39 is 0 Å². The Kier molecular flexibility index (Phi) is 6.24. The Labute approximate surface area is 160 Å². The number of anilines is 1. The summed E-state index contributed by atoms with van der Waals surface area (Å²) in [5.74, 6) is -0.337. The summed E-state index contributed by atoms with van der Waals surface area (Å²) >= 11 is 0. The van der Waals surface area contributed by atoms with E-state index in [0.29, 0.717) is 17.8 Å². The Balaban J connectivity index is 1.65. The van der Waals surface area contributed by atoms with Gasteiger partial charge in [-0.05, 0) is 49.9 Å². The zero-order valence-corrected chi connectivity index (χ0v) is 15.9. The van der Waals surface area contributed by atoms with Gasteiger partial charge in [0.2, 0.25) is 5.91 Å². The maximum absolute atomic E-state index is 12.5. The number of carbonyl (C=O) groups excluding carboxylic acids is 2. The van der Waals surface area contributed by atoms with E-state index >= 15 is 0 Å². The molecule has 5 heteroatoms. The summed E-state index contributed by atoms with van der Waals surface area (Å²) in [6, 6.07) is 13.1. The normalized spacial score (nSPS) is 16.1. The molecule has 1 heterocycles. The second-order valence-electron chi connectivity index (χ2n) is 7.05. The number of benzene rings is 2. The highest BCUT2D eigenvalue weighted by atomic mass is 16.5. The Morgan fingerprint density at radius 2 is 1.96 bits per heavy atom. The van der Waals surface area contributed by atoms with Crippen molar-refractivity contribution in [3.63, 3.8) is 0 Å². The first-order valence-corrected chi connectivity index (χ1v) is 9.38. The molecule has 2 amide bonds. The van der Waals surface area contributed by atoms with E-state index in [2.05, 4.69) is 10.6 Å². The van der Waals surface area contributed by atoms with Gasteiger partial charge in [-0.2, -0.15) is 0 Å². The van der Waals surface area contributed by atoms with Gasteiger partial charge >= 0.3 is 0 Å². The van der Waals surface area contributed by atoms with Crippen molar-refractivity contribution in [1.29, 1.82) is 0 Å². The highest BCUT2D eigenvalue weighted by molar-refractivity contribution is 6.04. The zero-order chi connectivity index (χ0) is 19.2. The summed E-state index contributed by atoms with van der Waals surface area (Å²) in [5.41, 5.74) is 4.19. The van der Waals surface area contributed by atoms with Crippen LogP contribution in [-0.2, 0) is 16.0 Å². The Bertz CT molecular complexity index is 826. The first-order chi connectivity index (χ1) is 13.0. The molecule has 3 rings (SSSR count). The molecule has 1 aliphatic heterocycles. The van der Waals surface area contributed by atoms with Gasteiger partial charge < -0.3 is 15.4 Å². The highest BCUT2D eigenvalue weighted by Crippen LogP contribution is 2.18. The number of ether oxygens (including phenoxy) is 1. The number of carbonyl (C=O) groups is 2. The highest BCUT2D eigenvalue weighted by Gasteiger charge is 2.18. The molecule has 2 aromatic rings. The van der Waals surface area contributed by atoms with E-state index in [1.54, 1.807) is 18.2 Å². The molecule has 142 valence electrons. The molecular formula is C22H26N2O3. The molecule has 0 spiro atoms. The van der Waals surface area contributed by atoms with Gasteiger partial charge in [0, 0.05) is 13.2 Å². The molecule has 0 aromatic heterocycles. The number of para-hydroxylation sites is 1. The molecule has 0 bridgehead atoms. The van der Waals surface area contributed by atoms with Crippen molar-refractivity contribution in [2.24, 2.45) is 0 Å². The van der Waals surface area contributed by atoms with Gasteiger partial charge in [0.15, 0.2) is 0 Å². The molecule has 1 fully saturated rings. The summed E-state index contributed by atoms with van der Waals surface area (Å²) in [5, 5.41) is 5.79. The number of amides is 2. The van der Waals surface area contributed by atoms with E-state index in [1.807, 2.05) is 38.1 Å². The van der Waals surface area contributed by atoms with Crippen molar-refractivity contribution >= 4 is 17.5 Å². The molecule has 1 saturated heterocycles. The zero-order valence-electron chi connectivity index (χ0n) is 15.9.